The van der Waals surface area contributed by atoms with Crippen molar-refractivity contribution in [2.24, 2.45) is 0 Å². The quantitative estimate of drug-likeness (QED) is 0.869. The highest BCUT2D eigenvalue weighted by Gasteiger charge is 2.15. The van der Waals surface area contributed by atoms with Crippen LogP contribution in [0.4, 0.5) is 4.39 Å². The van der Waals surface area contributed by atoms with E-state index >= 15 is 0 Å². The van der Waals surface area contributed by atoms with Gasteiger partial charge in [-0.2, -0.15) is 0 Å². The highest BCUT2D eigenvalue weighted by molar-refractivity contribution is 9.10. The van der Waals surface area contributed by atoms with Gasteiger partial charge < -0.3 is 9.84 Å². The third kappa shape index (κ3) is 3.68. The highest BCUT2D eigenvalue weighted by Crippen LogP contribution is 2.22. The van der Waals surface area contributed by atoms with Crippen molar-refractivity contribution in [2.45, 2.75) is 5.38 Å². The molecule has 1 rings (SSSR count). The highest BCUT2D eigenvalue weighted by atomic mass is 79.9. The lowest BCUT2D eigenvalue weighted by Gasteiger charge is -2.08. The third-order valence-electron chi connectivity index (χ3n) is 1.55. The molecule has 0 heterocycles. The second-order valence-corrected chi connectivity index (χ2v) is 4.13. The van der Waals surface area contributed by atoms with E-state index in [4.69, 9.17) is 21.4 Å². The summed E-state index contributed by atoms with van der Waals surface area (Å²) in [4.78, 5) is 10.4. The van der Waals surface area contributed by atoms with Crippen molar-refractivity contribution in [3.8, 4) is 5.75 Å². The van der Waals surface area contributed by atoms with Crippen molar-refractivity contribution < 1.29 is 19.0 Å². The standard InChI is InChI=1S/C9H7BrClFO3/c10-5-1-2-7(12)8(3-5)15-4-6(11)9(13)14/h1-3,6H,4H2,(H,13,14). The van der Waals surface area contributed by atoms with Gasteiger partial charge in [0.1, 0.15) is 6.61 Å². The van der Waals surface area contributed by atoms with E-state index in [2.05, 4.69) is 15.9 Å². The van der Waals surface area contributed by atoms with Gasteiger partial charge in [-0.25, -0.2) is 4.39 Å². The van der Waals surface area contributed by atoms with E-state index in [0.717, 1.165) is 0 Å². The fourth-order valence-electron chi connectivity index (χ4n) is 0.822. The zero-order chi connectivity index (χ0) is 11.4. The minimum absolute atomic E-state index is 0.0312. The van der Waals surface area contributed by atoms with Crippen LogP contribution in [-0.4, -0.2) is 23.1 Å². The number of aliphatic carboxylic acids is 1. The van der Waals surface area contributed by atoms with Gasteiger partial charge in [0, 0.05) is 4.47 Å². The lowest BCUT2D eigenvalue weighted by atomic mass is 10.3. The number of benzene rings is 1. The van der Waals surface area contributed by atoms with Crippen molar-refractivity contribution in [1.29, 1.82) is 0 Å². The monoisotopic (exact) mass is 296 g/mol. The first-order valence-electron chi connectivity index (χ1n) is 3.95. The number of carbonyl (C=O) groups is 1. The van der Waals surface area contributed by atoms with E-state index in [1.165, 1.54) is 18.2 Å². The van der Waals surface area contributed by atoms with Gasteiger partial charge in [0.15, 0.2) is 16.9 Å². The second-order valence-electron chi connectivity index (χ2n) is 2.69. The smallest absolute Gasteiger partial charge is 0.325 e. The van der Waals surface area contributed by atoms with Gasteiger partial charge in [-0.05, 0) is 18.2 Å². The van der Waals surface area contributed by atoms with Crippen LogP contribution in [0.25, 0.3) is 0 Å². The largest absolute Gasteiger partial charge is 0.488 e. The van der Waals surface area contributed by atoms with E-state index in [0.29, 0.717) is 4.47 Å². The molecule has 0 aliphatic carbocycles. The summed E-state index contributed by atoms with van der Waals surface area (Å²) >= 11 is 8.54. The van der Waals surface area contributed by atoms with E-state index in [-0.39, 0.29) is 12.4 Å². The maximum atomic E-state index is 13.1. The number of alkyl halides is 1. The second kappa shape index (κ2) is 5.32. The third-order valence-corrected chi connectivity index (χ3v) is 2.35. The number of rotatable bonds is 4. The molecule has 0 saturated heterocycles. The van der Waals surface area contributed by atoms with E-state index in [1.807, 2.05) is 0 Å². The first-order chi connectivity index (χ1) is 7.00. The van der Waals surface area contributed by atoms with Crippen LogP contribution in [-0.2, 0) is 4.79 Å². The van der Waals surface area contributed by atoms with E-state index in [9.17, 15) is 9.18 Å². The number of halogens is 3. The molecule has 0 spiro atoms. The average molecular weight is 298 g/mol. The van der Waals surface area contributed by atoms with Crippen LogP contribution in [0.2, 0.25) is 0 Å². The van der Waals surface area contributed by atoms with E-state index in [1.54, 1.807) is 0 Å². The van der Waals surface area contributed by atoms with Gasteiger partial charge in [0.05, 0.1) is 0 Å². The molecule has 0 fully saturated rings. The summed E-state index contributed by atoms with van der Waals surface area (Å²) in [5, 5.41) is 7.28. The molecule has 1 atom stereocenters. The summed E-state index contributed by atoms with van der Waals surface area (Å²) in [6.45, 7) is -0.287. The zero-order valence-electron chi connectivity index (χ0n) is 7.41. The van der Waals surface area contributed by atoms with Crippen molar-refractivity contribution in [3.63, 3.8) is 0 Å². The summed E-state index contributed by atoms with van der Waals surface area (Å²) in [6.07, 6.45) is 0. The Balaban J connectivity index is 2.65. The molecule has 0 radical (unpaired) electrons. The van der Waals surface area contributed by atoms with Gasteiger partial charge in [0.25, 0.3) is 0 Å². The fourth-order valence-corrected chi connectivity index (χ4v) is 1.23. The Labute approximate surface area is 98.9 Å². The number of ether oxygens (including phenoxy) is 1. The Morgan fingerprint density at radius 1 is 1.67 bits per heavy atom. The summed E-state index contributed by atoms with van der Waals surface area (Å²) in [5.41, 5.74) is 0. The lowest BCUT2D eigenvalue weighted by Crippen LogP contribution is -2.21. The van der Waals surface area contributed by atoms with Crippen molar-refractivity contribution in [1.82, 2.24) is 0 Å². The molecule has 3 nitrogen and oxygen atoms in total. The number of hydrogen-bond donors (Lipinski definition) is 1. The molecular weight excluding hydrogens is 290 g/mol. The molecule has 1 aromatic carbocycles. The van der Waals surface area contributed by atoms with Crippen molar-refractivity contribution in [2.75, 3.05) is 6.61 Å². The maximum absolute atomic E-state index is 13.1. The molecule has 0 aromatic heterocycles. The Morgan fingerprint density at radius 2 is 2.33 bits per heavy atom. The van der Waals surface area contributed by atoms with Crippen molar-refractivity contribution in [3.05, 3.63) is 28.5 Å². The molecule has 1 unspecified atom stereocenters. The van der Waals surface area contributed by atoms with Crippen LogP contribution in [0.1, 0.15) is 0 Å². The number of hydrogen-bond acceptors (Lipinski definition) is 2. The Hall–Kier alpha value is -0.810. The summed E-state index contributed by atoms with van der Waals surface area (Å²) in [5.74, 6) is -1.80. The molecule has 0 amide bonds. The molecule has 0 bridgehead atoms. The molecule has 82 valence electrons. The van der Waals surface area contributed by atoms with Crippen LogP contribution >= 0.6 is 27.5 Å². The fraction of sp³-hybridized carbons (Fsp3) is 0.222. The topological polar surface area (TPSA) is 46.5 Å². The molecular formula is C9H7BrClFO3. The van der Waals surface area contributed by atoms with Crippen LogP contribution in [0.15, 0.2) is 22.7 Å². The summed E-state index contributed by atoms with van der Waals surface area (Å²) in [7, 11) is 0. The predicted octanol–water partition coefficient (Wildman–Crippen LogP) is 2.66. The van der Waals surface area contributed by atoms with Crippen molar-refractivity contribution >= 4 is 33.5 Å². The van der Waals surface area contributed by atoms with Crippen LogP contribution in [0, 0.1) is 5.82 Å². The zero-order valence-corrected chi connectivity index (χ0v) is 9.76. The lowest BCUT2D eigenvalue weighted by molar-refractivity contribution is -0.137. The SMILES string of the molecule is O=C(O)C(Cl)COc1cc(Br)ccc1F. The number of carboxylic acids is 1. The predicted molar refractivity (Wildman–Crippen MR) is 56.9 cm³/mol. The minimum atomic E-state index is -1.20. The Morgan fingerprint density at radius 3 is 2.93 bits per heavy atom. The van der Waals surface area contributed by atoms with Crippen LogP contribution in [0.3, 0.4) is 0 Å². The first-order valence-corrected chi connectivity index (χ1v) is 5.18. The molecule has 15 heavy (non-hydrogen) atoms. The number of carboxylic acid groups (broad SMARTS) is 1. The Kier molecular flexibility index (Phi) is 4.35. The van der Waals surface area contributed by atoms with Gasteiger partial charge in [0.2, 0.25) is 0 Å². The molecule has 0 aliphatic heterocycles. The van der Waals surface area contributed by atoms with Gasteiger partial charge in [-0.3, -0.25) is 4.79 Å². The van der Waals surface area contributed by atoms with Gasteiger partial charge in [-0.1, -0.05) is 15.9 Å². The maximum Gasteiger partial charge on any atom is 0.325 e. The van der Waals surface area contributed by atoms with Gasteiger partial charge >= 0.3 is 5.97 Å². The average Bonchev–Trinajstić information content (AvgIpc) is 2.18. The molecule has 6 heteroatoms. The first kappa shape index (κ1) is 12.3. The Bertz CT molecular complexity index is 372. The molecule has 1 N–H and O–H groups in total. The van der Waals surface area contributed by atoms with Crippen LogP contribution < -0.4 is 4.74 Å². The molecule has 1 aromatic rings. The summed E-state index contributed by atoms with van der Waals surface area (Å²) in [6, 6.07) is 4.13. The van der Waals surface area contributed by atoms with E-state index < -0.39 is 17.2 Å². The molecule has 0 aliphatic rings. The minimum Gasteiger partial charge on any atom is -0.488 e. The van der Waals surface area contributed by atoms with Crippen LogP contribution in [0.5, 0.6) is 5.75 Å². The molecule has 0 saturated carbocycles. The normalized spacial score (nSPS) is 12.2. The summed E-state index contributed by atoms with van der Waals surface area (Å²) < 4.78 is 18.6. The van der Waals surface area contributed by atoms with Gasteiger partial charge in [-0.15, -0.1) is 11.6 Å².